The van der Waals surface area contributed by atoms with Gasteiger partial charge in [0.25, 0.3) is 0 Å². The zero-order valence-electron chi connectivity index (χ0n) is 12.1. The highest BCUT2D eigenvalue weighted by Crippen LogP contribution is 2.15. The van der Waals surface area contributed by atoms with Crippen molar-refractivity contribution in [1.82, 2.24) is 15.2 Å². The van der Waals surface area contributed by atoms with Crippen LogP contribution in [0.25, 0.3) is 10.9 Å². The summed E-state index contributed by atoms with van der Waals surface area (Å²) in [6.07, 6.45) is 1.89. The first-order chi connectivity index (χ1) is 9.20. The van der Waals surface area contributed by atoms with Crippen molar-refractivity contribution in [3.05, 3.63) is 42.1 Å². The van der Waals surface area contributed by atoms with Crippen molar-refractivity contribution in [2.45, 2.75) is 26.4 Å². The SMILES string of the molecule is CCN(C)CC(C)NCc1ccnc2ccccc12. The minimum Gasteiger partial charge on any atom is -0.309 e. The number of likely N-dealkylation sites (N-methyl/N-ethyl adjacent to an activating group) is 1. The van der Waals surface area contributed by atoms with Crippen LogP contribution in [0.3, 0.4) is 0 Å². The van der Waals surface area contributed by atoms with Crippen LogP contribution in [0.15, 0.2) is 36.5 Å². The van der Waals surface area contributed by atoms with Crippen molar-refractivity contribution in [1.29, 1.82) is 0 Å². The molecular weight excluding hydrogens is 234 g/mol. The summed E-state index contributed by atoms with van der Waals surface area (Å²) in [7, 11) is 2.15. The van der Waals surface area contributed by atoms with E-state index in [-0.39, 0.29) is 0 Å². The molecule has 0 amide bonds. The van der Waals surface area contributed by atoms with Gasteiger partial charge in [0.1, 0.15) is 0 Å². The van der Waals surface area contributed by atoms with Gasteiger partial charge in [-0.25, -0.2) is 0 Å². The van der Waals surface area contributed by atoms with Gasteiger partial charge >= 0.3 is 0 Å². The van der Waals surface area contributed by atoms with Crippen molar-refractivity contribution in [3.63, 3.8) is 0 Å². The second-order valence-corrected chi connectivity index (χ2v) is 5.12. The lowest BCUT2D eigenvalue weighted by atomic mass is 10.1. The van der Waals surface area contributed by atoms with Gasteiger partial charge in [-0.05, 0) is 38.2 Å². The standard InChI is InChI=1S/C16H23N3/c1-4-19(3)12-13(2)18-11-14-9-10-17-16-8-6-5-7-15(14)16/h5-10,13,18H,4,11-12H2,1-3H3. The number of hydrogen-bond acceptors (Lipinski definition) is 3. The molecule has 3 nitrogen and oxygen atoms in total. The van der Waals surface area contributed by atoms with E-state index >= 15 is 0 Å². The van der Waals surface area contributed by atoms with Crippen molar-refractivity contribution in [2.24, 2.45) is 0 Å². The maximum atomic E-state index is 4.39. The van der Waals surface area contributed by atoms with E-state index in [0.717, 1.165) is 25.2 Å². The van der Waals surface area contributed by atoms with Crippen molar-refractivity contribution >= 4 is 10.9 Å². The monoisotopic (exact) mass is 257 g/mol. The highest BCUT2D eigenvalue weighted by atomic mass is 15.1. The van der Waals surface area contributed by atoms with E-state index in [0.29, 0.717) is 6.04 Å². The van der Waals surface area contributed by atoms with Crippen LogP contribution in [0.5, 0.6) is 0 Å². The summed E-state index contributed by atoms with van der Waals surface area (Å²) in [6.45, 7) is 7.46. The predicted octanol–water partition coefficient (Wildman–Crippen LogP) is 2.66. The highest BCUT2D eigenvalue weighted by Gasteiger charge is 2.06. The second-order valence-electron chi connectivity index (χ2n) is 5.12. The molecule has 1 unspecified atom stereocenters. The van der Waals surface area contributed by atoms with Gasteiger partial charge in [0.05, 0.1) is 5.52 Å². The molecule has 2 aromatic rings. The minimum atomic E-state index is 0.483. The molecule has 102 valence electrons. The Balaban J connectivity index is 2.02. The minimum absolute atomic E-state index is 0.483. The topological polar surface area (TPSA) is 28.2 Å². The molecule has 0 bridgehead atoms. The number of pyridine rings is 1. The van der Waals surface area contributed by atoms with Crippen LogP contribution in [0, 0.1) is 0 Å². The molecule has 1 atom stereocenters. The lowest BCUT2D eigenvalue weighted by Crippen LogP contribution is -2.36. The van der Waals surface area contributed by atoms with E-state index in [4.69, 9.17) is 0 Å². The maximum Gasteiger partial charge on any atom is 0.0705 e. The second kappa shape index (κ2) is 6.64. The van der Waals surface area contributed by atoms with Crippen LogP contribution < -0.4 is 5.32 Å². The fraction of sp³-hybridized carbons (Fsp3) is 0.438. The summed E-state index contributed by atoms with van der Waals surface area (Å²) in [4.78, 5) is 6.72. The molecule has 2 rings (SSSR count). The predicted molar refractivity (Wildman–Crippen MR) is 81.2 cm³/mol. The van der Waals surface area contributed by atoms with Gasteiger partial charge in [0, 0.05) is 30.7 Å². The molecule has 0 fully saturated rings. The number of nitrogens with one attached hydrogen (secondary N) is 1. The molecule has 1 aromatic carbocycles. The van der Waals surface area contributed by atoms with Gasteiger partial charge in [-0.3, -0.25) is 4.98 Å². The molecule has 1 N–H and O–H groups in total. The normalized spacial score (nSPS) is 13.1. The summed E-state index contributed by atoms with van der Waals surface area (Å²) in [5, 5.41) is 4.83. The van der Waals surface area contributed by atoms with Crippen LogP contribution in [0.1, 0.15) is 19.4 Å². The molecule has 1 heterocycles. The first-order valence-corrected chi connectivity index (χ1v) is 6.95. The zero-order valence-corrected chi connectivity index (χ0v) is 12.1. The number of benzene rings is 1. The van der Waals surface area contributed by atoms with Crippen LogP contribution in [0.4, 0.5) is 0 Å². The van der Waals surface area contributed by atoms with Gasteiger partial charge in [-0.15, -0.1) is 0 Å². The quantitative estimate of drug-likeness (QED) is 0.862. The molecule has 0 radical (unpaired) electrons. The average Bonchev–Trinajstić information content (AvgIpc) is 2.44. The number of fused-ring (bicyclic) bond motifs is 1. The fourth-order valence-electron chi connectivity index (χ4n) is 2.25. The summed E-state index contributed by atoms with van der Waals surface area (Å²) >= 11 is 0. The molecule has 19 heavy (non-hydrogen) atoms. The highest BCUT2D eigenvalue weighted by molar-refractivity contribution is 5.81. The van der Waals surface area contributed by atoms with Crippen molar-refractivity contribution in [2.75, 3.05) is 20.1 Å². The van der Waals surface area contributed by atoms with Gasteiger partial charge in [-0.1, -0.05) is 25.1 Å². The van der Waals surface area contributed by atoms with Crippen LogP contribution in [0.2, 0.25) is 0 Å². The van der Waals surface area contributed by atoms with Gasteiger partial charge in [0.2, 0.25) is 0 Å². The average molecular weight is 257 g/mol. The number of nitrogens with zero attached hydrogens (tertiary/aromatic N) is 2. The Morgan fingerprint density at radius 3 is 2.84 bits per heavy atom. The number of aromatic nitrogens is 1. The summed E-state index contributed by atoms with van der Waals surface area (Å²) in [5.74, 6) is 0. The number of para-hydroxylation sites is 1. The smallest absolute Gasteiger partial charge is 0.0705 e. The third kappa shape index (κ3) is 3.75. The van der Waals surface area contributed by atoms with E-state index in [1.807, 2.05) is 12.3 Å². The van der Waals surface area contributed by atoms with E-state index in [9.17, 15) is 0 Å². The number of hydrogen-bond donors (Lipinski definition) is 1. The molecule has 0 saturated carbocycles. The lowest BCUT2D eigenvalue weighted by Gasteiger charge is -2.21. The molecule has 0 spiro atoms. The van der Waals surface area contributed by atoms with E-state index in [1.165, 1.54) is 10.9 Å². The summed E-state index contributed by atoms with van der Waals surface area (Å²) < 4.78 is 0. The number of rotatable bonds is 6. The molecule has 0 aliphatic heterocycles. The third-order valence-electron chi connectivity index (χ3n) is 3.51. The Hall–Kier alpha value is -1.45. The lowest BCUT2D eigenvalue weighted by molar-refractivity contribution is 0.309. The summed E-state index contributed by atoms with van der Waals surface area (Å²) in [6, 6.07) is 10.9. The molecule has 1 aromatic heterocycles. The molecule has 0 aliphatic carbocycles. The fourth-order valence-corrected chi connectivity index (χ4v) is 2.25. The van der Waals surface area contributed by atoms with E-state index in [2.05, 4.69) is 60.4 Å². The molecular formula is C16H23N3. The van der Waals surface area contributed by atoms with Crippen LogP contribution >= 0.6 is 0 Å². The largest absolute Gasteiger partial charge is 0.309 e. The molecule has 3 heteroatoms. The Kier molecular flexibility index (Phi) is 4.88. The zero-order chi connectivity index (χ0) is 13.7. The van der Waals surface area contributed by atoms with Crippen molar-refractivity contribution < 1.29 is 0 Å². The van der Waals surface area contributed by atoms with Crippen molar-refractivity contribution in [3.8, 4) is 0 Å². The maximum absolute atomic E-state index is 4.39. The van der Waals surface area contributed by atoms with Gasteiger partial charge < -0.3 is 10.2 Å². The van der Waals surface area contributed by atoms with E-state index < -0.39 is 0 Å². The Labute approximate surface area is 115 Å². The Morgan fingerprint density at radius 2 is 2.05 bits per heavy atom. The first-order valence-electron chi connectivity index (χ1n) is 6.95. The van der Waals surface area contributed by atoms with Gasteiger partial charge in [0.15, 0.2) is 0 Å². The molecule has 0 aliphatic rings. The Bertz CT molecular complexity index is 519. The molecule has 0 saturated heterocycles. The van der Waals surface area contributed by atoms with E-state index in [1.54, 1.807) is 0 Å². The Morgan fingerprint density at radius 1 is 1.26 bits per heavy atom. The third-order valence-corrected chi connectivity index (χ3v) is 3.51. The van der Waals surface area contributed by atoms with Crippen LogP contribution in [-0.2, 0) is 6.54 Å². The van der Waals surface area contributed by atoms with Crippen LogP contribution in [-0.4, -0.2) is 36.1 Å². The summed E-state index contributed by atoms with van der Waals surface area (Å²) in [5.41, 5.74) is 2.39. The van der Waals surface area contributed by atoms with Gasteiger partial charge in [-0.2, -0.15) is 0 Å². The first kappa shape index (κ1) is 14.0.